The van der Waals surface area contributed by atoms with Gasteiger partial charge in [0.05, 0.1) is 6.04 Å². The van der Waals surface area contributed by atoms with Gasteiger partial charge < -0.3 is 16.2 Å². The number of nitrogens with one attached hydrogen (secondary N) is 1. The van der Waals surface area contributed by atoms with Crippen molar-refractivity contribution in [3.8, 4) is 0 Å². The Hall–Kier alpha value is -1.10. The SMILES string of the molecule is CCCC(NC(=O)C(N)CC(C)C)C(=O)O. The highest BCUT2D eigenvalue weighted by Gasteiger charge is 2.22. The van der Waals surface area contributed by atoms with Crippen molar-refractivity contribution in [3.63, 3.8) is 0 Å². The second kappa shape index (κ2) is 7.22. The topological polar surface area (TPSA) is 92.4 Å². The van der Waals surface area contributed by atoms with Gasteiger partial charge in [0.15, 0.2) is 0 Å². The number of carboxylic acid groups (broad SMARTS) is 1. The smallest absolute Gasteiger partial charge is 0.326 e. The first-order valence-corrected chi connectivity index (χ1v) is 5.67. The summed E-state index contributed by atoms with van der Waals surface area (Å²) in [5, 5.41) is 11.3. The molecule has 0 aromatic carbocycles. The number of hydrogen-bond donors (Lipinski definition) is 3. The number of nitrogens with two attached hydrogens (primary N) is 1. The van der Waals surface area contributed by atoms with E-state index in [1.807, 2.05) is 20.8 Å². The average molecular weight is 230 g/mol. The Labute approximate surface area is 96.4 Å². The summed E-state index contributed by atoms with van der Waals surface area (Å²) in [5.41, 5.74) is 5.66. The Morgan fingerprint density at radius 1 is 1.38 bits per heavy atom. The molecule has 0 spiro atoms. The molecule has 5 nitrogen and oxygen atoms in total. The van der Waals surface area contributed by atoms with E-state index in [1.165, 1.54) is 0 Å². The minimum atomic E-state index is -1.01. The minimum Gasteiger partial charge on any atom is -0.480 e. The Morgan fingerprint density at radius 3 is 2.31 bits per heavy atom. The summed E-state index contributed by atoms with van der Waals surface area (Å²) in [4.78, 5) is 22.4. The lowest BCUT2D eigenvalue weighted by molar-refractivity contribution is -0.142. The standard InChI is InChI=1S/C11H22N2O3/c1-4-5-9(11(15)16)13-10(14)8(12)6-7(2)3/h7-9H,4-6,12H2,1-3H3,(H,13,14)(H,15,16). The zero-order chi connectivity index (χ0) is 12.7. The van der Waals surface area contributed by atoms with Crippen LogP contribution >= 0.6 is 0 Å². The highest BCUT2D eigenvalue weighted by molar-refractivity contribution is 5.86. The highest BCUT2D eigenvalue weighted by Crippen LogP contribution is 2.04. The van der Waals surface area contributed by atoms with Crippen LogP contribution in [0.5, 0.6) is 0 Å². The molecule has 0 aromatic rings. The Bertz CT molecular complexity index is 241. The molecular formula is C11H22N2O3. The van der Waals surface area contributed by atoms with E-state index in [0.717, 1.165) is 0 Å². The largest absolute Gasteiger partial charge is 0.480 e. The van der Waals surface area contributed by atoms with Gasteiger partial charge in [0, 0.05) is 0 Å². The normalized spacial score (nSPS) is 14.6. The third-order valence-corrected chi connectivity index (χ3v) is 2.25. The average Bonchev–Trinajstić information content (AvgIpc) is 2.15. The molecule has 0 radical (unpaired) electrons. The maximum absolute atomic E-state index is 11.6. The monoisotopic (exact) mass is 230 g/mol. The lowest BCUT2D eigenvalue weighted by Crippen LogP contribution is -2.48. The molecule has 0 aliphatic rings. The van der Waals surface area contributed by atoms with Gasteiger partial charge in [-0.2, -0.15) is 0 Å². The molecule has 94 valence electrons. The first-order chi connectivity index (χ1) is 7.38. The van der Waals surface area contributed by atoms with E-state index >= 15 is 0 Å². The lowest BCUT2D eigenvalue weighted by atomic mass is 10.0. The Kier molecular flexibility index (Phi) is 6.72. The highest BCUT2D eigenvalue weighted by atomic mass is 16.4. The van der Waals surface area contributed by atoms with E-state index in [9.17, 15) is 9.59 Å². The molecule has 0 aliphatic carbocycles. The maximum atomic E-state index is 11.6. The van der Waals surface area contributed by atoms with Crippen molar-refractivity contribution in [3.05, 3.63) is 0 Å². The number of amides is 1. The molecular weight excluding hydrogens is 208 g/mol. The van der Waals surface area contributed by atoms with Crippen LogP contribution in [-0.4, -0.2) is 29.1 Å². The van der Waals surface area contributed by atoms with Crippen molar-refractivity contribution in [2.24, 2.45) is 11.7 Å². The number of aliphatic carboxylic acids is 1. The molecule has 1 amide bonds. The van der Waals surface area contributed by atoms with Gasteiger partial charge in [0.1, 0.15) is 6.04 Å². The van der Waals surface area contributed by atoms with Crippen molar-refractivity contribution >= 4 is 11.9 Å². The van der Waals surface area contributed by atoms with Crippen LogP contribution < -0.4 is 11.1 Å². The zero-order valence-electron chi connectivity index (χ0n) is 10.2. The van der Waals surface area contributed by atoms with Gasteiger partial charge in [-0.15, -0.1) is 0 Å². The zero-order valence-corrected chi connectivity index (χ0v) is 10.2. The molecule has 0 saturated carbocycles. The Balaban J connectivity index is 4.23. The van der Waals surface area contributed by atoms with Gasteiger partial charge in [-0.1, -0.05) is 27.2 Å². The second-order valence-electron chi connectivity index (χ2n) is 4.42. The molecule has 0 aromatic heterocycles. The van der Waals surface area contributed by atoms with Crippen LogP contribution in [0.2, 0.25) is 0 Å². The third kappa shape index (κ3) is 5.70. The number of rotatable bonds is 7. The summed E-state index contributed by atoms with van der Waals surface area (Å²) in [6.07, 6.45) is 1.69. The van der Waals surface area contributed by atoms with Crippen LogP contribution in [0, 0.1) is 5.92 Å². The lowest BCUT2D eigenvalue weighted by Gasteiger charge is -2.18. The van der Waals surface area contributed by atoms with Gasteiger partial charge in [-0.3, -0.25) is 4.79 Å². The van der Waals surface area contributed by atoms with Crippen LogP contribution in [0.1, 0.15) is 40.0 Å². The maximum Gasteiger partial charge on any atom is 0.326 e. The molecule has 5 heteroatoms. The van der Waals surface area contributed by atoms with Gasteiger partial charge in [0.25, 0.3) is 0 Å². The number of carboxylic acids is 1. The van der Waals surface area contributed by atoms with E-state index < -0.39 is 18.1 Å². The molecule has 16 heavy (non-hydrogen) atoms. The first-order valence-electron chi connectivity index (χ1n) is 5.67. The molecule has 0 heterocycles. The predicted molar refractivity (Wildman–Crippen MR) is 61.9 cm³/mol. The van der Waals surface area contributed by atoms with E-state index in [4.69, 9.17) is 10.8 Å². The number of carbonyl (C=O) groups excluding carboxylic acids is 1. The van der Waals surface area contributed by atoms with E-state index in [-0.39, 0.29) is 5.91 Å². The van der Waals surface area contributed by atoms with Crippen molar-refractivity contribution in [1.29, 1.82) is 0 Å². The van der Waals surface area contributed by atoms with Crippen molar-refractivity contribution in [1.82, 2.24) is 5.32 Å². The second-order valence-corrected chi connectivity index (χ2v) is 4.42. The summed E-state index contributed by atoms with van der Waals surface area (Å²) >= 11 is 0. The third-order valence-electron chi connectivity index (χ3n) is 2.25. The molecule has 0 fully saturated rings. The summed E-state index contributed by atoms with van der Waals surface area (Å²) < 4.78 is 0. The molecule has 0 bridgehead atoms. The summed E-state index contributed by atoms with van der Waals surface area (Å²) in [6, 6.07) is -1.45. The molecule has 4 N–H and O–H groups in total. The first kappa shape index (κ1) is 14.9. The molecule has 0 saturated heterocycles. The summed E-state index contributed by atoms with van der Waals surface area (Å²) in [6.45, 7) is 5.80. The van der Waals surface area contributed by atoms with Gasteiger partial charge in [-0.25, -0.2) is 4.79 Å². The minimum absolute atomic E-state index is 0.315. The summed E-state index contributed by atoms with van der Waals surface area (Å²) in [7, 11) is 0. The quantitative estimate of drug-likeness (QED) is 0.601. The van der Waals surface area contributed by atoms with E-state index in [0.29, 0.717) is 25.2 Å². The van der Waals surface area contributed by atoms with Crippen molar-refractivity contribution in [2.45, 2.75) is 52.1 Å². The number of hydrogen-bond acceptors (Lipinski definition) is 3. The van der Waals surface area contributed by atoms with Gasteiger partial charge in [-0.05, 0) is 18.8 Å². The molecule has 0 rings (SSSR count). The fourth-order valence-corrected chi connectivity index (χ4v) is 1.44. The number of carbonyl (C=O) groups is 2. The van der Waals surface area contributed by atoms with Crippen LogP contribution in [0.15, 0.2) is 0 Å². The van der Waals surface area contributed by atoms with Crippen LogP contribution in [0.3, 0.4) is 0 Å². The van der Waals surface area contributed by atoms with Crippen molar-refractivity contribution in [2.75, 3.05) is 0 Å². The summed E-state index contributed by atoms with van der Waals surface area (Å²) in [5.74, 6) is -1.07. The van der Waals surface area contributed by atoms with Crippen LogP contribution in [-0.2, 0) is 9.59 Å². The van der Waals surface area contributed by atoms with E-state index in [1.54, 1.807) is 0 Å². The van der Waals surface area contributed by atoms with Gasteiger partial charge in [0.2, 0.25) is 5.91 Å². The molecule has 0 aliphatic heterocycles. The Morgan fingerprint density at radius 2 is 1.94 bits per heavy atom. The van der Waals surface area contributed by atoms with Crippen molar-refractivity contribution < 1.29 is 14.7 Å². The van der Waals surface area contributed by atoms with Crippen LogP contribution in [0.4, 0.5) is 0 Å². The van der Waals surface area contributed by atoms with Crippen LogP contribution in [0.25, 0.3) is 0 Å². The fourth-order valence-electron chi connectivity index (χ4n) is 1.44. The van der Waals surface area contributed by atoms with Gasteiger partial charge >= 0.3 is 5.97 Å². The molecule has 2 atom stereocenters. The molecule has 2 unspecified atom stereocenters. The predicted octanol–water partition coefficient (Wildman–Crippen LogP) is 0.729. The van der Waals surface area contributed by atoms with E-state index in [2.05, 4.69) is 5.32 Å². The fraction of sp³-hybridized carbons (Fsp3) is 0.818.